The summed E-state index contributed by atoms with van der Waals surface area (Å²) in [5.41, 5.74) is 0. The highest BCUT2D eigenvalue weighted by Crippen LogP contribution is 1.73. The van der Waals surface area contributed by atoms with Gasteiger partial charge in [0.15, 0.2) is 0 Å². The molecule has 0 radical (unpaired) electrons. The van der Waals surface area contributed by atoms with Crippen molar-refractivity contribution in [3.63, 3.8) is 0 Å². The van der Waals surface area contributed by atoms with Crippen LogP contribution in [0.4, 0.5) is 0 Å². The number of allylic oxidation sites excluding steroid dienone is 2. The lowest BCUT2D eigenvalue weighted by atomic mass is 10.5. The summed E-state index contributed by atoms with van der Waals surface area (Å²) in [4.78, 5) is 3.78. The molecule has 0 bridgehead atoms. The Morgan fingerprint density at radius 3 is 1.50 bits per heavy atom. The molecule has 0 N–H and O–H groups in total. The Morgan fingerprint density at radius 2 is 1.40 bits per heavy atom. The second kappa shape index (κ2) is 7.89. The van der Waals surface area contributed by atoms with Crippen molar-refractivity contribution in [2.75, 3.05) is 0 Å². The average Bonchev–Trinajstić information content (AvgIpc) is 2.08. The average molecular weight is 135 g/mol. The monoisotopic (exact) mass is 135 g/mol. The molecule has 1 aromatic rings. The molecular weight excluding hydrogens is 122 g/mol. The van der Waals surface area contributed by atoms with Gasteiger partial charge in [-0.1, -0.05) is 18.2 Å². The first-order chi connectivity index (χ1) is 4.91. The van der Waals surface area contributed by atoms with E-state index in [1.807, 2.05) is 44.2 Å². The number of pyridine rings is 1. The van der Waals surface area contributed by atoms with Crippen LogP contribution in [0.1, 0.15) is 13.8 Å². The highest BCUT2D eigenvalue weighted by Gasteiger charge is 1.58. The lowest BCUT2D eigenvalue weighted by Gasteiger charge is -1.70. The molecule has 0 aliphatic rings. The Morgan fingerprint density at radius 1 is 0.900 bits per heavy atom. The van der Waals surface area contributed by atoms with E-state index < -0.39 is 0 Å². The summed E-state index contributed by atoms with van der Waals surface area (Å²) in [5.74, 6) is 0. The zero-order valence-corrected chi connectivity index (χ0v) is 6.49. The second-order valence-corrected chi connectivity index (χ2v) is 1.69. The van der Waals surface area contributed by atoms with E-state index in [0.29, 0.717) is 0 Å². The Hall–Kier alpha value is -1.11. The van der Waals surface area contributed by atoms with Crippen LogP contribution in [0.3, 0.4) is 0 Å². The van der Waals surface area contributed by atoms with Crippen molar-refractivity contribution >= 4 is 0 Å². The normalized spacial score (nSPS) is 8.60. The van der Waals surface area contributed by atoms with Crippen molar-refractivity contribution in [1.82, 2.24) is 4.98 Å². The zero-order chi connectivity index (χ0) is 7.66. The topological polar surface area (TPSA) is 12.9 Å². The summed E-state index contributed by atoms with van der Waals surface area (Å²) in [7, 11) is 0. The van der Waals surface area contributed by atoms with Gasteiger partial charge < -0.3 is 0 Å². The van der Waals surface area contributed by atoms with Crippen molar-refractivity contribution in [2.45, 2.75) is 13.8 Å². The third kappa shape index (κ3) is 6.89. The standard InChI is InChI=1S/C5H5N.C4H8/c1-2-4-6-5-3-1;1-3-4-2/h1-5H;3-4H,1-2H3. The molecule has 0 atom stereocenters. The molecule has 1 aromatic heterocycles. The van der Waals surface area contributed by atoms with Crippen molar-refractivity contribution in [2.24, 2.45) is 0 Å². The Bertz CT molecular complexity index is 125. The Labute approximate surface area is 62.4 Å². The van der Waals surface area contributed by atoms with Crippen LogP contribution in [0, 0.1) is 0 Å². The molecule has 0 saturated carbocycles. The Kier molecular flexibility index (Phi) is 7.01. The van der Waals surface area contributed by atoms with Gasteiger partial charge >= 0.3 is 0 Å². The summed E-state index contributed by atoms with van der Waals surface area (Å²) in [5, 5.41) is 0. The fraction of sp³-hybridized carbons (Fsp3) is 0.222. The van der Waals surface area contributed by atoms with E-state index in [9.17, 15) is 0 Å². The lowest BCUT2D eigenvalue weighted by Crippen LogP contribution is -1.58. The fourth-order valence-electron chi connectivity index (χ4n) is 0.313. The van der Waals surface area contributed by atoms with E-state index in [4.69, 9.17) is 0 Å². The molecule has 1 rings (SSSR count). The van der Waals surface area contributed by atoms with Crippen molar-refractivity contribution in [1.29, 1.82) is 0 Å². The highest BCUT2D eigenvalue weighted by molar-refractivity contribution is 4.88. The van der Waals surface area contributed by atoms with E-state index in [0.717, 1.165) is 0 Å². The summed E-state index contributed by atoms with van der Waals surface area (Å²) in [6, 6.07) is 5.72. The van der Waals surface area contributed by atoms with Crippen molar-refractivity contribution < 1.29 is 0 Å². The number of nitrogens with zero attached hydrogens (tertiary/aromatic N) is 1. The molecule has 0 unspecified atom stereocenters. The quantitative estimate of drug-likeness (QED) is 0.498. The molecule has 0 aliphatic carbocycles. The maximum atomic E-state index is 3.78. The molecule has 54 valence electrons. The summed E-state index contributed by atoms with van der Waals surface area (Å²) < 4.78 is 0. The molecule has 0 saturated heterocycles. The fourth-order valence-corrected chi connectivity index (χ4v) is 0.313. The molecule has 0 spiro atoms. The third-order valence-corrected chi connectivity index (χ3v) is 0.900. The lowest BCUT2D eigenvalue weighted by molar-refractivity contribution is 1.33. The Balaban J connectivity index is 0.000000180. The first-order valence-electron chi connectivity index (χ1n) is 3.34. The highest BCUT2D eigenvalue weighted by atomic mass is 14.6. The molecule has 0 fully saturated rings. The molecule has 10 heavy (non-hydrogen) atoms. The van der Waals surface area contributed by atoms with E-state index in [1.165, 1.54) is 0 Å². The van der Waals surface area contributed by atoms with Crippen LogP contribution in [-0.4, -0.2) is 4.98 Å². The van der Waals surface area contributed by atoms with Gasteiger partial charge in [-0.15, -0.1) is 0 Å². The van der Waals surface area contributed by atoms with Gasteiger partial charge in [0.2, 0.25) is 0 Å². The van der Waals surface area contributed by atoms with Gasteiger partial charge in [0.05, 0.1) is 0 Å². The van der Waals surface area contributed by atoms with Crippen molar-refractivity contribution in [3.05, 3.63) is 42.7 Å². The number of hydrogen-bond donors (Lipinski definition) is 0. The van der Waals surface area contributed by atoms with Gasteiger partial charge in [-0.3, -0.25) is 4.98 Å². The zero-order valence-electron chi connectivity index (χ0n) is 6.49. The molecule has 0 aliphatic heterocycles. The van der Waals surface area contributed by atoms with Gasteiger partial charge in [0.1, 0.15) is 0 Å². The predicted octanol–water partition coefficient (Wildman–Crippen LogP) is 2.66. The summed E-state index contributed by atoms with van der Waals surface area (Å²) >= 11 is 0. The maximum absolute atomic E-state index is 3.78. The van der Waals surface area contributed by atoms with Gasteiger partial charge in [-0.25, -0.2) is 0 Å². The van der Waals surface area contributed by atoms with Crippen LogP contribution >= 0.6 is 0 Å². The van der Waals surface area contributed by atoms with Gasteiger partial charge in [0.25, 0.3) is 0 Å². The minimum atomic E-state index is 1.75. The maximum Gasteiger partial charge on any atom is 0.0267 e. The first-order valence-corrected chi connectivity index (χ1v) is 3.34. The molecule has 1 nitrogen and oxygen atoms in total. The van der Waals surface area contributed by atoms with E-state index in [1.54, 1.807) is 12.4 Å². The second-order valence-electron chi connectivity index (χ2n) is 1.69. The van der Waals surface area contributed by atoms with Gasteiger partial charge in [-0.05, 0) is 26.0 Å². The van der Waals surface area contributed by atoms with Crippen LogP contribution in [0.25, 0.3) is 0 Å². The van der Waals surface area contributed by atoms with E-state index >= 15 is 0 Å². The minimum Gasteiger partial charge on any atom is -0.265 e. The smallest absolute Gasteiger partial charge is 0.0267 e. The van der Waals surface area contributed by atoms with Crippen LogP contribution in [0.2, 0.25) is 0 Å². The van der Waals surface area contributed by atoms with Gasteiger partial charge in [0, 0.05) is 12.4 Å². The molecule has 1 heterocycles. The van der Waals surface area contributed by atoms with Crippen LogP contribution in [-0.2, 0) is 0 Å². The molecular formula is C9H13N. The van der Waals surface area contributed by atoms with Crippen LogP contribution in [0.5, 0.6) is 0 Å². The molecule has 1 heteroatoms. The SMILES string of the molecule is CC=CC.c1ccncc1. The van der Waals surface area contributed by atoms with E-state index in [-0.39, 0.29) is 0 Å². The first kappa shape index (κ1) is 8.89. The molecule has 0 amide bonds. The largest absolute Gasteiger partial charge is 0.265 e. The van der Waals surface area contributed by atoms with E-state index in [2.05, 4.69) is 4.98 Å². The molecule has 0 aromatic carbocycles. The number of rotatable bonds is 0. The van der Waals surface area contributed by atoms with Crippen molar-refractivity contribution in [3.8, 4) is 0 Å². The third-order valence-electron chi connectivity index (χ3n) is 0.900. The number of aromatic nitrogens is 1. The van der Waals surface area contributed by atoms with Crippen LogP contribution < -0.4 is 0 Å². The van der Waals surface area contributed by atoms with Crippen LogP contribution in [0.15, 0.2) is 42.7 Å². The number of hydrogen-bond acceptors (Lipinski definition) is 1. The summed E-state index contributed by atoms with van der Waals surface area (Å²) in [6.07, 6.45) is 7.50. The minimum absolute atomic E-state index is 1.75. The predicted molar refractivity (Wildman–Crippen MR) is 44.7 cm³/mol. The summed E-state index contributed by atoms with van der Waals surface area (Å²) in [6.45, 7) is 4.00. The van der Waals surface area contributed by atoms with Gasteiger partial charge in [-0.2, -0.15) is 0 Å².